The summed E-state index contributed by atoms with van der Waals surface area (Å²) in [7, 11) is 1.86. The molecule has 2 aromatic rings. The zero-order valence-electron chi connectivity index (χ0n) is 17.7. The molecule has 1 aromatic carbocycles. The standard InChI is InChI=1S/C23H35N5O/c1-24-22(25-12-9-19-17-26-21-8-4-3-7-20(19)21)27-18-23(10-5-2-6-11-23)28-13-15-29-16-14-28/h3-4,7-8,17,26H,2,5-6,9-16,18H2,1H3,(H2,24,25,27). The van der Waals surface area contributed by atoms with Crippen molar-refractivity contribution < 1.29 is 4.74 Å². The normalized spacial score (nSPS) is 20.7. The molecule has 1 aliphatic heterocycles. The van der Waals surface area contributed by atoms with Crippen molar-refractivity contribution in [3.63, 3.8) is 0 Å². The van der Waals surface area contributed by atoms with Crippen LogP contribution in [0.5, 0.6) is 0 Å². The lowest BCUT2D eigenvalue weighted by Gasteiger charge is -2.48. The fourth-order valence-corrected chi connectivity index (χ4v) is 4.98. The lowest BCUT2D eigenvalue weighted by atomic mass is 9.80. The molecular formula is C23H35N5O. The number of morpholine rings is 1. The van der Waals surface area contributed by atoms with E-state index < -0.39 is 0 Å². The number of rotatable bonds is 6. The van der Waals surface area contributed by atoms with Gasteiger partial charge < -0.3 is 20.4 Å². The van der Waals surface area contributed by atoms with Crippen molar-refractivity contribution in [3.05, 3.63) is 36.0 Å². The summed E-state index contributed by atoms with van der Waals surface area (Å²) in [6, 6.07) is 8.48. The number of aromatic nitrogens is 1. The van der Waals surface area contributed by atoms with Crippen LogP contribution in [0, 0.1) is 0 Å². The van der Waals surface area contributed by atoms with Gasteiger partial charge >= 0.3 is 0 Å². The third-order valence-electron chi connectivity index (χ3n) is 6.64. The van der Waals surface area contributed by atoms with Crippen LogP contribution < -0.4 is 10.6 Å². The Labute approximate surface area is 174 Å². The first-order valence-corrected chi connectivity index (χ1v) is 11.1. The number of guanidine groups is 1. The summed E-state index contributed by atoms with van der Waals surface area (Å²) in [5, 5.41) is 8.47. The Morgan fingerprint density at radius 3 is 2.72 bits per heavy atom. The van der Waals surface area contributed by atoms with Crippen LogP contribution in [0.15, 0.2) is 35.5 Å². The lowest BCUT2D eigenvalue weighted by molar-refractivity contribution is -0.0352. The maximum absolute atomic E-state index is 5.60. The summed E-state index contributed by atoms with van der Waals surface area (Å²) >= 11 is 0. The van der Waals surface area contributed by atoms with Gasteiger partial charge in [-0.15, -0.1) is 0 Å². The molecule has 158 valence electrons. The molecule has 6 heteroatoms. The Morgan fingerprint density at radius 2 is 1.93 bits per heavy atom. The van der Waals surface area contributed by atoms with Gasteiger partial charge in [-0.05, 0) is 30.9 Å². The largest absolute Gasteiger partial charge is 0.379 e. The molecule has 0 atom stereocenters. The molecule has 0 bridgehead atoms. The molecule has 2 aliphatic rings. The molecule has 1 saturated heterocycles. The predicted octanol–water partition coefficient (Wildman–Crippen LogP) is 2.91. The number of aromatic amines is 1. The molecule has 1 saturated carbocycles. The number of benzene rings is 1. The molecule has 0 spiro atoms. The number of fused-ring (bicyclic) bond motifs is 1. The number of nitrogens with zero attached hydrogens (tertiary/aromatic N) is 2. The Kier molecular flexibility index (Phi) is 6.72. The van der Waals surface area contributed by atoms with Crippen molar-refractivity contribution in [1.29, 1.82) is 0 Å². The van der Waals surface area contributed by atoms with Crippen LogP contribution in [0.1, 0.15) is 37.7 Å². The van der Waals surface area contributed by atoms with Crippen molar-refractivity contribution >= 4 is 16.9 Å². The number of para-hydroxylation sites is 1. The van der Waals surface area contributed by atoms with Gasteiger partial charge in [0, 0.05) is 55.9 Å². The summed E-state index contributed by atoms with van der Waals surface area (Å²) in [5.41, 5.74) is 2.80. The van der Waals surface area contributed by atoms with E-state index in [-0.39, 0.29) is 5.54 Å². The van der Waals surface area contributed by atoms with E-state index in [9.17, 15) is 0 Å². The molecule has 0 amide bonds. The molecule has 3 N–H and O–H groups in total. The molecule has 1 aromatic heterocycles. The van der Waals surface area contributed by atoms with Crippen LogP contribution in [0.4, 0.5) is 0 Å². The number of H-pyrrole nitrogens is 1. The van der Waals surface area contributed by atoms with E-state index in [1.54, 1.807) is 0 Å². The van der Waals surface area contributed by atoms with Gasteiger partial charge in [-0.25, -0.2) is 0 Å². The third kappa shape index (κ3) is 4.75. The fourth-order valence-electron chi connectivity index (χ4n) is 4.98. The first-order valence-electron chi connectivity index (χ1n) is 11.1. The van der Waals surface area contributed by atoms with Crippen LogP contribution >= 0.6 is 0 Å². The van der Waals surface area contributed by atoms with Gasteiger partial charge in [0.05, 0.1) is 13.2 Å². The topological polar surface area (TPSA) is 64.7 Å². The summed E-state index contributed by atoms with van der Waals surface area (Å²) in [6.45, 7) is 5.65. The molecule has 6 nitrogen and oxygen atoms in total. The Morgan fingerprint density at radius 1 is 1.14 bits per heavy atom. The van der Waals surface area contributed by atoms with E-state index in [0.29, 0.717) is 0 Å². The van der Waals surface area contributed by atoms with Crippen LogP contribution in [0.2, 0.25) is 0 Å². The van der Waals surface area contributed by atoms with Crippen molar-refractivity contribution in [2.45, 2.75) is 44.1 Å². The second kappa shape index (κ2) is 9.63. The average molecular weight is 398 g/mol. The van der Waals surface area contributed by atoms with Crippen molar-refractivity contribution in [1.82, 2.24) is 20.5 Å². The van der Waals surface area contributed by atoms with Gasteiger partial charge in [0.1, 0.15) is 0 Å². The predicted molar refractivity (Wildman–Crippen MR) is 120 cm³/mol. The van der Waals surface area contributed by atoms with Gasteiger partial charge in [-0.3, -0.25) is 9.89 Å². The molecule has 29 heavy (non-hydrogen) atoms. The number of ether oxygens (including phenoxy) is 1. The minimum Gasteiger partial charge on any atom is -0.379 e. The van der Waals surface area contributed by atoms with Gasteiger partial charge in [0.15, 0.2) is 5.96 Å². The lowest BCUT2D eigenvalue weighted by Crippen LogP contribution is -2.60. The monoisotopic (exact) mass is 397 g/mol. The molecule has 2 heterocycles. The molecule has 4 rings (SSSR count). The van der Waals surface area contributed by atoms with Crippen molar-refractivity contribution in [2.24, 2.45) is 4.99 Å². The van der Waals surface area contributed by atoms with Gasteiger partial charge in [0.25, 0.3) is 0 Å². The third-order valence-corrected chi connectivity index (χ3v) is 6.64. The SMILES string of the molecule is CN=C(NCCc1c[nH]c2ccccc12)NCC1(N2CCOCC2)CCCCC1. The highest BCUT2D eigenvalue weighted by atomic mass is 16.5. The summed E-state index contributed by atoms with van der Waals surface area (Å²) in [4.78, 5) is 10.5. The molecular weight excluding hydrogens is 362 g/mol. The van der Waals surface area contributed by atoms with E-state index in [0.717, 1.165) is 51.8 Å². The maximum Gasteiger partial charge on any atom is 0.191 e. The summed E-state index contributed by atoms with van der Waals surface area (Å²) < 4.78 is 5.60. The van der Waals surface area contributed by atoms with E-state index in [1.165, 1.54) is 48.6 Å². The highest BCUT2D eigenvalue weighted by Gasteiger charge is 2.38. The number of hydrogen-bond acceptors (Lipinski definition) is 3. The highest BCUT2D eigenvalue weighted by molar-refractivity contribution is 5.83. The van der Waals surface area contributed by atoms with Crippen molar-refractivity contribution in [2.75, 3.05) is 46.4 Å². The Bertz CT molecular complexity index is 802. The maximum atomic E-state index is 5.60. The quantitative estimate of drug-likeness (QED) is 0.518. The second-order valence-corrected chi connectivity index (χ2v) is 8.35. The van der Waals surface area contributed by atoms with Crippen LogP contribution in [0.3, 0.4) is 0 Å². The first kappa shape index (κ1) is 20.2. The van der Waals surface area contributed by atoms with E-state index in [2.05, 4.69) is 56.0 Å². The van der Waals surface area contributed by atoms with Crippen LogP contribution in [0.25, 0.3) is 10.9 Å². The molecule has 0 radical (unpaired) electrons. The molecule has 0 unspecified atom stereocenters. The minimum atomic E-state index is 0.247. The van der Waals surface area contributed by atoms with Gasteiger partial charge in [-0.2, -0.15) is 0 Å². The van der Waals surface area contributed by atoms with Crippen LogP contribution in [-0.4, -0.2) is 67.8 Å². The molecule has 1 aliphatic carbocycles. The summed E-state index contributed by atoms with van der Waals surface area (Å²) in [6.07, 6.45) is 9.65. The number of aliphatic imine (C=N–C) groups is 1. The van der Waals surface area contributed by atoms with Crippen LogP contribution in [-0.2, 0) is 11.2 Å². The highest BCUT2D eigenvalue weighted by Crippen LogP contribution is 2.33. The van der Waals surface area contributed by atoms with E-state index in [4.69, 9.17) is 4.74 Å². The Hall–Kier alpha value is -2.05. The average Bonchev–Trinajstić information content (AvgIpc) is 3.20. The van der Waals surface area contributed by atoms with Gasteiger partial charge in [0.2, 0.25) is 0 Å². The second-order valence-electron chi connectivity index (χ2n) is 8.35. The zero-order chi connectivity index (χ0) is 19.9. The zero-order valence-corrected chi connectivity index (χ0v) is 17.7. The fraction of sp³-hybridized carbons (Fsp3) is 0.609. The molecule has 2 fully saturated rings. The smallest absolute Gasteiger partial charge is 0.191 e. The summed E-state index contributed by atoms with van der Waals surface area (Å²) in [5.74, 6) is 0.906. The first-order chi connectivity index (χ1) is 14.3. The minimum absolute atomic E-state index is 0.247. The number of nitrogens with one attached hydrogen (secondary N) is 3. The van der Waals surface area contributed by atoms with E-state index in [1.807, 2.05) is 7.05 Å². The van der Waals surface area contributed by atoms with Gasteiger partial charge in [-0.1, -0.05) is 37.5 Å². The van der Waals surface area contributed by atoms with Crippen molar-refractivity contribution in [3.8, 4) is 0 Å². The number of hydrogen-bond donors (Lipinski definition) is 3. The van der Waals surface area contributed by atoms with E-state index >= 15 is 0 Å². The Balaban J connectivity index is 1.32.